The molecular weight excluding hydrogens is 336 g/mol. The van der Waals surface area contributed by atoms with Crippen molar-refractivity contribution in [2.45, 2.75) is 33.9 Å². The van der Waals surface area contributed by atoms with E-state index in [9.17, 15) is 4.79 Å². The molecule has 4 heteroatoms. The first kappa shape index (κ1) is 20.3. The van der Waals surface area contributed by atoms with Crippen LogP contribution in [0, 0.1) is 5.92 Å². The Labute approximate surface area is 161 Å². The van der Waals surface area contributed by atoms with Crippen LogP contribution in [-0.4, -0.2) is 5.91 Å². The van der Waals surface area contributed by atoms with Gasteiger partial charge in [-0.3, -0.25) is 4.79 Å². The predicted octanol–water partition coefficient (Wildman–Crippen LogP) is 4.33. The molecule has 27 heavy (non-hydrogen) atoms. The standard InChI is InChI=1S/C23H28N2O2/c1-17(2)9-14-22(18(3)24)23(26)25-15-19-10-12-20(13-11-19)16-27-21-7-5-4-6-8-21/h4-14,17H,15-16,24H2,1-3H3,(H,25,26)/b14-9-,22-18-. The summed E-state index contributed by atoms with van der Waals surface area (Å²) in [6.07, 6.45) is 3.76. The first-order valence-corrected chi connectivity index (χ1v) is 9.14. The minimum absolute atomic E-state index is 0.164. The van der Waals surface area contributed by atoms with E-state index < -0.39 is 0 Å². The first-order valence-electron chi connectivity index (χ1n) is 9.14. The molecule has 0 saturated carbocycles. The van der Waals surface area contributed by atoms with Gasteiger partial charge in [-0.15, -0.1) is 0 Å². The normalized spacial score (nSPS) is 12.1. The fraction of sp³-hybridized carbons (Fsp3) is 0.261. The van der Waals surface area contributed by atoms with Gasteiger partial charge in [0.25, 0.3) is 5.91 Å². The Morgan fingerprint density at radius 3 is 2.30 bits per heavy atom. The van der Waals surface area contributed by atoms with Crippen molar-refractivity contribution >= 4 is 5.91 Å². The molecule has 0 radical (unpaired) electrons. The van der Waals surface area contributed by atoms with E-state index in [1.165, 1.54) is 0 Å². The molecule has 4 nitrogen and oxygen atoms in total. The molecule has 142 valence electrons. The summed E-state index contributed by atoms with van der Waals surface area (Å²) in [5.41, 5.74) is 8.97. The number of amides is 1. The minimum atomic E-state index is -0.164. The highest BCUT2D eigenvalue weighted by atomic mass is 16.5. The van der Waals surface area contributed by atoms with Crippen molar-refractivity contribution in [1.82, 2.24) is 5.32 Å². The zero-order chi connectivity index (χ0) is 19.6. The van der Waals surface area contributed by atoms with Crippen LogP contribution in [-0.2, 0) is 17.9 Å². The van der Waals surface area contributed by atoms with Crippen LogP contribution >= 0.6 is 0 Å². The van der Waals surface area contributed by atoms with Crippen molar-refractivity contribution in [2.24, 2.45) is 11.7 Å². The number of carbonyl (C=O) groups is 1. The fourth-order valence-electron chi connectivity index (χ4n) is 2.39. The van der Waals surface area contributed by atoms with E-state index in [4.69, 9.17) is 10.5 Å². The summed E-state index contributed by atoms with van der Waals surface area (Å²) < 4.78 is 5.74. The van der Waals surface area contributed by atoms with Gasteiger partial charge in [-0.2, -0.15) is 0 Å². The Morgan fingerprint density at radius 1 is 1.07 bits per heavy atom. The molecule has 1 amide bonds. The van der Waals surface area contributed by atoms with Crippen molar-refractivity contribution in [2.75, 3.05) is 0 Å². The average Bonchev–Trinajstić information content (AvgIpc) is 2.66. The molecule has 0 aliphatic carbocycles. The van der Waals surface area contributed by atoms with E-state index in [1.807, 2.05) is 60.7 Å². The van der Waals surface area contributed by atoms with Crippen LogP contribution in [0.3, 0.4) is 0 Å². The minimum Gasteiger partial charge on any atom is -0.489 e. The largest absolute Gasteiger partial charge is 0.489 e. The lowest BCUT2D eigenvalue weighted by molar-refractivity contribution is -0.117. The molecular formula is C23H28N2O2. The van der Waals surface area contributed by atoms with Gasteiger partial charge in [0, 0.05) is 12.2 Å². The molecule has 3 N–H and O–H groups in total. The summed E-state index contributed by atoms with van der Waals surface area (Å²) in [5, 5.41) is 2.92. The van der Waals surface area contributed by atoms with Gasteiger partial charge in [-0.25, -0.2) is 0 Å². The van der Waals surface area contributed by atoms with Gasteiger partial charge in [0.1, 0.15) is 12.4 Å². The highest BCUT2D eigenvalue weighted by Gasteiger charge is 2.09. The molecule has 0 fully saturated rings. The molecule has 0 unspecified atom stereocenters. The van der Waals surface area contributed by atoms with Gasteiger partial charge in [-0.1, -0.05) is 68.5 Å². The lowest BCUT2D eigenvalue weighted by atomic mass is 10.1. The second-order valence-electron chi connectivity index (χ2n) is 6.80. The predicted molar refractivity (Wildman–Crippen MR) is 110 cm³/mol. The second kappa shape index (κ2) is 10.2. The maximum Gasteiger partial charge on any atom is 0.253 e. The Morgan fingerprint density at radius 2 is 1.70 bits per heavy atom. The van der Waals surface area contributed by atoms with Crippen molar-refractivity contribution in [3.05, 3.63) is 89.1 Å². The molecule has 0 spiro atoms. The van der Waals surface area contributed by atoms with E-state index in [-0.39, 0.29) is 5.91 Å². The number of para-hydroxylation sites is 1. The van der Waals surface area contributed by atoms with Crippen molar-refractivity contribution < 1.29 is 9.53 Å². The number of hydrogen-bond acceptors (Lipinski definition) is 3. The SMILES string of the molecule is C/C(N)=C(\C=C/C(C)C)C(=O)NCc1ccc(COc2ccccc2)cc1. The molecule has 0 aliphatic heterocycles. The zero-order valence-electron chi connectivity index (χ0n) is 16.2. The summed E-state index contributed by atoms with van der Waals surface area (Å²) >= 11 is 0. The van der Waals surface area contributed by atoms with Crippen LogP contribution in [0.4, 0.5) is 0 Å². The summed E-state index contributed by atoms with van der Waals surface area (Å²) in [4.78, 5) is 12.4. The molecule has 0 aromatic heterocycles. The van der Waals surface area contributed by atoms with Crippen LogP contribution in [0.2, 0.25) is 0 Å². The molecule has 0 bridgehead atoms. The molecule has 0 heterocycles. The summed E-state index contributed by atoms with van der Waals surface area (Å²) in [6.45, 7) is 6.81. The number of nitrogens with two attached hydrogens (primary N) is 1. The maximum absolute atomic E-state index is 12.4. The zero-order valence-corrected chi connectivity index (χ0v) is 16.2. The number of benzene rings is 2. The van der Waals surface area contributed by atoms with Gasteiger partial charge in [0.15, 0.2) is 0 Å². The number of rotatable bonds is 8. The Balaban J connectivity index is 1.88. The van der Waals surface area contributed by atoms with Crippen molar-refractivity contribution in [1.29, 1.82) is 0 Å². The summed E-state index contributed by atoms with van der Waals surface area (Å²) in [7, 11) is 0. The summed E-state index contributed by atoms with van der Waals surface area (Å²) in [5.74, 6) is 1.04. The Bertz CT molecular complexity index is 787. The molecule has 0 aliphatic rings. The van der Waals surface area contributed by atoms with Crippen LogP contribution in [0.25, 0.3) is 0 Å². The Hall–Kier alpha value is -3.01. The number of nitrogens with one attached hydrogen (secondary N) is 1. The van der Waals surface area contributed by atoms with Gasteiger partial charge in [0.05, 0.1) is 5.57 Å². The molecule has 0 saturated heterocycles. The monoisotopic (exact) mass is 364 g/mol. The topological polar surface area (TPSA) is 64.4 Å². The van der Waals surface area contributed by atoms with Gasteiger partial charge < -0.3 is 15.8 Å². The van der Waals surface area contributed by atoms with Crippen molar-refractivity contribution in [3.8, 4) is 5.75 Å². The van der Waals surface area contributed by atoms with E-state index in [1.54, 1.807) is 13.0 Å². The number of allylic oxidation sites excluding steroid dienone is 2. The van der Waals surface area contributed by atoms with Crippen molar-refractivity contribution in [3.63, 3.8) is 0 Å². The van der Waals surface area contributed by atoms with E-state index in [0.29, 0.717) is 30.3 Å². The van der Waals surface area contributed by atoms with Gasteiger partial charge in [0.2, 0.25) is 0 Å². The second-order valence-corrected chi connectivity index (χ2v) is 6.80. The highest BCUT2D eigenvalue weighted by Crippen LogP contribution is 2.12. The number of hydrogen-bond donors (Lipinski definition) is 2. The summed E-state index contributed by atoms with van der Waals surface area (Å²) in [6, 6.07) is 17.7. The van der Waals surface area contributed by atoms with Crippen LogP contribution in [0.5, 0.6) is 5.75 Å². The first-order chi connectivity index (χ1) is 13.0. The quantitative estimate of drug-likeness (QED) is 0.541. The molecule has 0 atom stereocenters. The maximum atomic E-state index is 12.4. The molecule has 2 aromatic rings. The Kier molecular flexibility index (Phi) is 7.68. The average molecular weight is 364 g/mol. The van der Waals surface area contributed by atoms with Crippen LogP contribution in [0.1, 0.15) is 31.9 Å². The van der Waals surface area contributed by atoms with E-state index in [0.717, 1.165) is 16.9 Å². The molecule has 2 aromatic carbocycles. The fourth-order valence-corrected chi connectivity index (χ4v) is 2.39. The smallest absolute Gasteiger partial charge is 0.253 e. The highest BCUT2D eigenvalue weighted by molar-refractivity contribution is 5.96. The third-order valence-electron chi connectivity index (χ3n) is 3.94. The van der Waals surface area contributed by atoms with Gasteiger partial charge in [-0.05, 0) is 36.1 Å². The third kappa shape index (κ3) is 7.02. The van der Waals surface area contributed by atoms with Crippen LogP contribution in [0.15, 0.2) is 78.0 Å². The van der Waals surface area contributed by atoms with Gasteiger partial charge >= 0.3 is 0 Å². The number of carbonyl (C=O) groups excluding carboxylic acids is 1. The lowest BCUT2D eigenvalue weighted by Crippen LogP contribution is -2.25. The molecule has 2 rings (SSSR count). The van der Waals surface area contributed by atoms with E-state index >= 15 is 0 Å². The van der Waals surface area contributed by atoms with Crippen LogP contribution < -0.4 is 15.8 Å². The lowest BCUT2D eigenvalue weighted by Gasteiger charge is -2.10. The number of ether oxygens (including phenoxy) is 1. The van der Waals surface area contributed by atoms with E-state index in [2.05, 4.69) is 19.2 Å². The third-order valence-corrected chi connectivity index (χ3v) is 3.94.